The lowest BCUT2D eigenvalue weighted by Gasteiger charge is -2.23. The minimum Gasteiger partial charge on any atom is -0.375 e. The van der Waals surface area contributed by atoms with Gasteiger partial charge in [0, 0.05) is 38.6 Å². The molecule has 1 aromatic carbocycles. The average Bonchev–Trinajstić information content (AvgIpc) is 2.98. The van der Waals surface area contributed by atoms with Gasteiger partial charge in [-0.1, -0.05) is 38.1 Å². The summed E-state index contributed by atoms with van der Waals surface area (Å²) in [7, 11) is 1.56. The van der Waals surface area contributed by atoms with E-state index in [0.29, 0.717) is 17.8 Å². The van der Waals surface area contributed by atoms with Gasteiger partial charge in [-0.05, 0) is 17.0 Å². The zero-order valence-corrected chi connectivity index (χ0v) is 13.7. The van der Waals surface area contributed by atoms with Crippen LogP contribution in [0.15, 0.2) is 24.3 Å². The van der Waals surface area contributed by atoms with Crippen LogP contribution < -0.4 is 5.32 Å². The lowest BCUT2D eigenvalue weighted by Crippen LogP contribution is -2.36. The van der Waals surface area contributed by atoms with Crippen LogP contribution in [0.2, 0.25) is 0 Å². The molecule has 1 fully saturated rings. The molecule has 4 nitrogen and oxygen atoms in total. The van der Waals surface area contributed by atoms with Crippen LogP contribution in [-0.2, 0) is 9.53 Å². The summed E-state index contributed by atoms with van der Waals surface area (Å²) >= 11 is 0. The quantitative estimate of drug-likeness (QED) is 0.906. The summed E-state index contributed by atoms with van der Waals surface area (Å²) in [5, 5.41) is 3.19. The van der Waals surface area contributed by atoms with Crippen LogP contribution >= 0.6 is 0 Å². The van der Waals surface area contributed by atoms with Crippen LogP contribution in [0.3, 0.4) is 0 Å². The van der Waals surface area contributed by atoms with Crippen molar-refractivity contribution in [2.75, 3.05) is 33.4 Å². The third-order valence-electron chi connectivity index (χ3n) is 4.81. The molecule has 3 rings (SSSR count). The number of nitrogens with one attached hydrogen (secondary N) is 1. The zero-order valence-electron chi connectivity index (χ0n) is 13.7. The van der Waals surface area contributed by atoms with Crippen molar-refractivity contribution in [3.8, 4) is 0 Å². The summed E-state index contributed by atoms with van der Waals surface area (Å²) < 4.78 is 4.96. The van der Waals surface area contributed by atoms with E-state index in [9.17, 15) is 4.79 Å². The molecule has 0 aromatic heterocycles. The van der Waals surface area contributed by atoms with Crippen LogP contribution in [-0.4, -0.2) is 44.2 Å². The largest absolute Gasteiger partial charge is 0.375 e. The fourth-order valence-corrected chi connectivity index (χ4v) is 4.14. The minimum absolute atomic E-state index is 0.0229. The lowest BCUT2D eigenvalue weighted by molar-refractivity contribution is -0.125. The van der Waals surface area contributed by atoms with E-state index in [-0.39, 0.29) is 18.6 Å². The number of ether oxygens (including phenoxy) is 1. The summed E-state index contributed by atoms with van der Waals surface area (Å²) in [4.78, 5) is 14.6. The Morgan fingerprint density at radius 2 is 2.05 bits per heavy atom. The molecule has 2 aliphatic rings. The molecule has 0 unspecified atom stereocenters. The van der Waals surface area contributed by atoms with Crippen molar-refractivity contribution in [1.29, 1.82) is 0 Å². The highest BCUT2D eigenvalue weighted by molar-refractivity contribution is 5.78. The maximum absolute atomic E-state index is 12.0. The first-order valence-corrected chi connectivity index (χ1v) is 8.19. The SMILES string of the molecule is COCC(=O)N[C@@H]1c2ccccc2[C@@H]2CN(CC(C)C)C[C@H]12. The van der Waals surface area contributed by atoms with Crippen molar-refractivity contribution in [2.45, 2.75) is 25.8 Å². The van der Waals surface area contributed by atoms with Gasteiger partial charge in [-0.3, -0.25) is 4.79 Å². The van der Waals surface area contributed by atoms with Gasteiger partial charge in [0.15, 0.2) is 0 Å². The van der Waals surface area contributed by atoms with E-state index in [4.69, 9.17) is 4.74 Å². The molecule has 1 saturated heterocycles. The molecule has 1 N–H and O–H groups in total. The number of carbonyl (C=O) groups is 1. The second-order valence-corrected chi connectivity index (χ2v) is 6.99. The number of rotatable bonds is 5. The van der Waals surface area contributed by atoms with Gasteiger partial charge in [-0.15, -0.1) is 0 Å². The Bertz CT molecular complexity index is 544. The standard InChI is InChI=1S/C18H26N2O2/c1-12(2)8-20-9-15-13-6-4-5-7-14(13)18(16(15)10-20)19-17(21)11-22-3/h4-7,12,15-16,18H,8-11H2,1-3H3,(H,19,21)/t15-,16-,18+/m0/s1. The Balaban J connectivity index is 1.81. The van der Waals surface area contributed by atoms with Gasteiger partial charge < -0.3 is 15.0 Å². The third-order valence-corrected chi connectivity index (χ3v) is 4.81. The van der Waals surface area contributed by atoms with Crippen LogP contribution in [0.5, 0.6) is 0 Å². The number of hydrogen-bond donors (Lipinski definition) is 1. The molecule has 4 heteroatoms. The first kappa shape index (κ1) is 15.5. The van der Waals surface area contributed by atoms with Crippen molar-refractivity contribution in [3.63, 3.8) is 0 Å². The molecule has 3 atom stereocenters. The topological polar surface area (TPSA) is 41.6 Å². The van der Waals surface area contributed by atoms with Crippen molar-refractivity contribution >= 4 is 5.91 Å². The highest BCUT2D eigenvalue weighted by Crippen LogP contribution is 2.49. The second kappa shape index (κ2) is 6.39. The Labute approximate surface area is 132 Å². The highest BCUT2D eigenvalue weighted by Gasteiger charge is 2.46. The molecular weight excluding hydrogens is 276 g/mol. The van der Waals surface area contributed by atoms with Crippen LogP contribution in [0, 0.1) is 11.8 Å². The molecule has 0 radical (unpaired) electrons. The molecular formula is C18H26N2O2. The number of nitrogens with zero attached hydrogens (tertiary/aromatic N) is 1. The summed E-state index contributed by atoms with van der Waals surface area (Å²) in [6.45, 7) is 7.96. The van der Waals surface area contributed by atoms with Crippen LogP contribution in [0.1, 0.15) is 36.9 Å². The molecule has 120 valence electrons. The normalized spacial score (nSPS) is 27.0. The van der Waals surface area contributed by atoms with E-state index >= 15 is 0 Å². The van der Waals surface area contributed by atoms with E-state index in [2.05, 4.69) is 48.3 Å². The molecule has 1 heterocycles. The predicted molar refractivity (Wildman–Crippen MR) is 86.7 cm³/mol. The van der Waals surface area contributed by atoms with Gasteiger partial charge >= 0.3 is 0 Å². The summed E-state index contributed by atoms with van der Waals surface area (Å²) in [6, 6.07) is 8.70. The van der Waals surface area contributed by atoms with Gasteiger partial charge in [0.1, 0.15) is 6.61 Å². The molecule has 22 heavy (non-hydrogen) atoms. The van der Waals surface area contributed by atoms with E-state index in [1.165, 1.54) is 11.1 Å². The predicted octanol–water partition coefficient (Wildman–Crippen LogP) is 2.18. The fraction of sp³-hybridized carbons (Fsp3) is 0.611. The lowest BCUT2D eigenvalue weighted by atomic mass is 9.94. The fourth-order valence-electron chi connectivity index (χ4n) is 4.14. The number of methoxy groups -OCH3 is 1. The number of carbonyl (C=O) groups excluding carboxylic acids is 1. The highest BCUT2D eigenvalue weighted by atomic mass is 16.5. The Hall–Kier alpha value is -1.39. The van der Waals surface area contributed by atoms with E-state index in [0.717, 1.165) is 19.6 Å². The maximum atomic E-state index is 12.0. The van der Waals surface area contributed by atoms with Gasteiger partial charge in [0.25, 0.3) is 0 Å². The number of amides is 1. The number of benzene rings is 1. The Morgan fingerprint density at radius 1 is 1.32 bits per heavy atom. The van der Waals surface area contributed by atoms with E-state index < -0.39 is 0 Å². The first-order chi connectivity index (χ1) is 10.6. The monoisotopic (exact) mass is 302 g/mol. The Kier molecular flexibility index (Phi) is 4.50. The maximum Gasteiger partial charge on any atom is 0.246 e. The summed E-state index contributed by atoms with van der Waals surface area (Å²) in [5.74, 6) is 1.68. The van der Waals surface area contributed by atoms with Crippen molar-refractivity contribution in [1.82, 2.24) is 10.2 Å². The number of likely N-dealkylation sites (tertiary alicyclic amines) is 1. The molecule has 1 aliphatic heterocycles. The molecule has 1 aromatic rings. The zero-order chi connectivity index (χ0) is 15.7. The molecule has 0 saturated carbocycles. The molecule has 0 spiro atoms. The average molecular weight is 302 g/mol. The summed E-state index contributed by atoms with van der Waals surface area (Å²) in [6.07, 6.45) is 0. The first-order valence-electron chi connectivity index (χ1n) is 8.19. The van der Waals surface area contributed by atoms with Crippen LogP contribution in [0.4, 0.5) is 0 Å². The summed E-state index contributed by atoms with van der Waals surface area (Å²) in [5.41, 5.74) is 2.72. The van der Waals surface area contributed by atoms with Crippen molar-refractivity contribution < 1.29 is 9.53 Å². The second-order valence-electron chi connectivity index (χ2n) is 6.99. The van der Waals surface area contributed by atoms with Gasteiger partial charge in [0.05, 0.1) is 6.04 Å². The van der Waals surface area contributed by atoms with Crippen molar-refractivity contribution in [3.05, 3.63) is 35.4 Å². The van der Waals surface area contributed by atoms with Gasteiger partial charge in [0.2, 0.25) is 5.91 Å². The molecule has 1 amide bonds. The number of hydrogen-bond acceptors (Lipinski definition) is 3. The smallest absolute Gasteiger partial charge is 0.246 e. The van der Waals surface area contributed by atoms with Crippen LogP contribution in [0.25, 0.3) is 0 Å². The van der Waals surface area contributed by atoms with E-state index in [1.54, 1.807) is 7.11 Å². The third kappa shape index (κ3) is 2.90. The van der Waals surface area contributed by atoms with Gasteiger partial charge in [-0.25, -0.2) is 0 Å². The molecule has 1 aliphatic carbocycles. The minimum atomic E-state index is -0.0229. The number of fused-ring (bicyclic) bond motifs is 3. The molecule has 0 bridgehead atoms. The van der Waals surface area contributed by atoms with Crippen molar-refractivity contribution in [2.24, 2.45) is 11.8 Å². The van der Waals surface area contributed by atoms with Gasteiger partial charge in [-0.2, -0.15) is 0 Å². The van der Waals surface area contributed by atoms with E-state index in [1.807, 2.05) is 0 Å². The Morgan fingerprint density at radius 3 is 2.73 bits per heavy atom.